The zero-order chi connectivity index (χ0) is 0. The Bertz CT molecular complexity index is 5.51. The van der Waals surface area contributed by atoms with E-state index in [1.165, 1.54) is 0 Å². The Morgan fingerprint density at radius 3 is 0.333 bits per heavy atom. The van der Waals surface area contributed by atoms with Crippen LogP contribution in [0.2, 0.25) is 0 Å². The monoisotopic (exact) mass is 64.1 g/mol. The summed E-state index contributed by atoms with van der Waals surface area (Å²) in [7, 11) is 0. The minimum absolute atomic E-state index is 0. The molecule has 0 aromatic heterocycles. The topological polar surface area (TPSA) is 63.0 Å². The molecule has 0 aromatic rings. The van der Waals surface area contributed by atoms with Gasteiger partial charge in [-0.15, -0.1) is 0 Å². The van der Waals surface area contributed by atoms with Crippen molar-refractivity contribution in [3.05, 3.63) is 0 Å². The van der Waals surface area contributed by atoms with E-state index in [0.717, 1.165) is 0 Å². The predicted molar refractivity (Wildman–Crippen MR) is 30.2 cm³/mol. The maximum atomic E-state index is 0. The fourth-order valence-electron chi connectivity index (χ4n) is 0. The van der Waals surface area contributed by atoms with Crippen molar-refractivity contribution in [2.24, 2.45) is 0 Å². The van der Waals surface area contributed by atoms with Gasteiger partial charge in [-0.05, 0) is 0 Å². The van der Waals surface area contributed by atoms with E-state index < -0.39 is 0 Å². The maximum absolute atomic E-state index is 0. The van der Waals surface area contributed by atoms with Crippen LogP contribution in [0.1, 0.15) is 0 Å². The second-order valence-corrected chi connectivity index (χ2v) is 0. The average molecular weight is 63.8 g/mol. The molecule has 0 aromatic carbocycles. The van der Waals surface area contributed by atoms with Gasteiger partial charge in [-0.2, -0.15) is 0 Å². The summed E-state index contributed by atoms with van der Waals surface area (Å²) in [5.74, 6) is 0. The summed E-state index contributed by atoms with van der Waals surface area (Å²) in [6.45, 7) is 0. The maximum Gasteiger partial charge on any atom is 0 e. The molecule has 0 bridgehead atoms. The first kappa shape index (κ1) is 83.2. The quantitative estimate of drug-likeness (QED) is 0.267. The SMILES string of the molecule is O.O.[Li].[Li].[Li].[Li]. The molecule has 0 saturated carbocycles. The Labute approximate surface area is 85.5 Å². The van der Waals surface area contributed by atoms with Crippen LogP contribution in [0.3, 0.4) is 0 Å². The third kappa shape index (κ3) is 33.3. The fraction of sp³-hybridized carbons (Fsp3) is 0. The van der Waals surface area contributed by atoms with Gasteiger partial charge in [0.25, 0.3) is 0 Å². The summed E-state index contributed by atoms with van der Waals surface area (Å²) in [5, 5.41) is 0. The molecule has 0 atom stereocenters. The Morgan fingerprint density at radius 2 is 0.333 bits per heavy atom. The molecule has 4 radical (unpaired) electrons. The van der Waals surface area contributed by atoms with Gasteiger partial charge in [0, 0.05) is 75.4 Å². The van der Waals surface area contributed by atoms with Crippen molar-refractivity contribution in [2.75, 3.05) is 0 Å². The van der Waals surface area contributed by atoms with Crippen LogP contribution in [0.25, 0.3) is 0 Å². The molecule has 0 heterocycles. The molecule has 6 heavy (non-hydrogen) atoms. The molecule has 0 saturated heterocycles. The number of rotatable bonds is 0. The van der Waals surface area contributed by atoms with Gasteiger partial charge in [0.15, 0.2) is 0 Å². The molecule has 0 aliphatic rings. The van der Waals surface area contributed by atoms with E-state index in [1.54, 1.807) is 0 Å². The molecular formula is H4Li4O2. The first-order valence-electron chi connectivity index (χ1n) is 0. The van der Waals surface area contributed by atoms with E-state index >= 15 is 0 Å². The van der Waals surface area contributed by atoms with Crippen LogP contribution in [-0.4, -0.2) is 86.4 Å². The van der Waals surface area contributed by atoms with Crippen LogP contribution in [0.4, 0.5) is 0 Å². The van der Waals surface area contributed by atoms with Crippen molar-refractivity contribution in [2.45, 2.75) is 0 Å². The van der Waals surface area contributed by atoms with Crippen LogP contribution < -0.4 is 0 Å². The molecule has 4 N–H and O–H groups in total. The minimum atomic E-state index is 0. The van der Waals surface area contributed by atoms with Crippen molar-refractivity contribution >= 4 is 75.4 Å². The van der Waals surface area contributed by atoms with Crippen molar-refractivity contribution in [1.29, 1.82) is 0 Å². The zero-order valence-electron chi connectivity index (χ0n) is 5.00. The van der Waals surface area contributed by atoms with E-state index in [9.17, 15) is 0 Å². The summed E-state index contributed by atoms with van der Waals surface area (Å²) in [6.07, 6.45) is 0. The average Bonchev–Trinajstić information content (AvgIpc) is 0. The largest absolute Gasteiger partial charge is 0.412 e. The van der Waals surface area contributed by atoms with Crippen LogP contribution in [0, 0.1) is 0 Å². The van der Waals surface area contributed by atoms with Gasteiger partial charge in [-0.1, -0.05) is 0 Å². The standard InChI is InChI=1S/4Li.2H2O/h;;;;2*1H2. The molecule has 0 spiro atoms. The molecule has 0 rings (SSSR count). The van der Waals surface area contributed by atoms with Gasteiger partial charge in [-0.25, -0.2) is 0 Å². The van der Waals surface area contributed by atoms with Crippen LogP contribution in [0.15, 0.2) is 0 Å². The van der Waals surface area contributed by atoms with Crippen LogP contribution >= 0.6 is 0 Å². The Hall–Kier alpha value is 2.31. The normalized spacial score (nSPS) is 0. The van der Waals surface area contributed by atoms with E-state index in [0.29, 0.717) is 0 Å². The molecule has 20 valence electrons. The summed E-state index contributed by atoms with van der Waals surface area (Å²) in [6, 6.07) is 0. The van der Waals surface area contributed by atoms with E-state index in [-0.39, 0.29) is 86.4 Å². The second kappa shape index (κ2) is 54.6. The summed E-state index contributed by atoms with van der Waals surface area (Å²) in [4.78, 5) is 0. The molecule has 0 amide bonds. The van der Waals surface area contributed by atoms with Gasteiger partial charge >= 0.3 is 0 Å². The van der Waals surface area contributed by atoms with Crippen LogP contribution in [-0.2, 0) is 0 Å². The van der Waals surface area contributed by atoms with Gasteiger partial charge in [0.2, 0.25) is 0 Å². The first-order chi connectivity index (χ1) is 0. The molecule has 0 aliphatic heterocycles. The molecule has 0 unspecified atom stereocenters. The smallest absolute Gasteiger partial charge is 0 e. The van der Waals surface area contributed by atoms with Crippen molar-refractivity contribution < 1.29 is 11.0 Å². The Balaban J connectivity index is 0. The molecule has 0 aliphatic carbocycles. The fourth-order valence-corrected chi connectivity index (χ4v) is 0. The predicted octanol–water partition coefficient (Wildman–Crippen LogP) is -3.17. The first-order valence-corrected chi connectivity index (χ1v) is 0. The summed E-state index contributed by atoms with van der Waals surface area (Å²) >= 11 is 0. The summed E-state index contributed by atoms with van der Waals surface area (Å²) in [5.41, 5.74) is 0. The van der Waals surface area contributed by atoms with E-state index in [2.05, 4.69) is 0 Å². The third-order valence-electron chi connectivity index (χ3n) is 0. The number of hydrogen-bond donors (Lipinski definition) is 0. The summed E-state index contributed by atoms with van der Waals surface area (Å²) < 4.78 is 0. The van der Waals surface area contributed by atoms with Crippen molar-refractivity contribution in [3.63, 3.8) is 0 Å². The van der Waals surface area contributed by atoms with Crippen molar-refractivity contribution in [1.82, 2.24) is 0 Å². The second-order valence-electron chi connectivity index (χ2n) is 0. The Kier molecular flexibility index (Phi) is 757. The molecule has 6 heteroatoms. The van der Waals surface area contributed by atoms with Crippen LogP contribution in [0.5, 0.6) is 0 Å². The van der Waals surface area contributed by atoms with Gasteiger partial charge in [0.05, 0.1) is 0 Å². The van der Waals surface area contributed by atoms with Gasteiger partial charge in [0.1, 0.15) is 0 Å². The van der Waals surface area contributed by atoms with E-state index in [1.807, 2.05) is 0 Å². The third-order valence-corrected chi connectivity index (χ3v) is 0. The van der Waals surface area contributed by atoms with Gasteiger partial charge < -0.3 is 11.0 Å². The molecule has 0 fully saturated rings. The van der Waals surface area contributed by atoms with Crippen molar-refractivity contribution in [3.8, 4) is 0 Å². The molecular weight excluding hydrogens is 59.8 g/mol. The molecule has 2 nitrogen and oxygen atoms in total. The zero-order valence-corrected chi connectivity index (χ0v) is 5.00. The minimum Gasteiger partial charge on any atom is -0.412 e. The van der Waals surface area contributed by atoms with Gasteiger partial charge in [-0.3, -0.25) is 0 Å². The Morgan fingerprint density at radius 1 is 0.333 bits per heavy atom. The number of hydrogen-bond acceptors (Lipinski definition) is 0. The van der Waals surface area contributed by atoms with E-state index in [4.69, 9.17) is 0 Å².